The van der Waals surface area contributed by atoms with Gasteiger partial charge in [-0.15, -0.1) is 0 Å². The minimum atomic E-state index is -1.07. The van der Waals surface area contributed by atoms with Crippen LogP contribution in [-0.4, -0.2) is 48.3 Å². The average Bonchev–Trinajstić information content (AvgIpc) is 2.18. The summed E-state index contributed by atoms with van der Waals surface area (Å²) in [5.74, 6) is 0. The Bertz CT molecular complexity index is 211. The van der Waals surface area contributed by atoms with Crippen molar-refractivity contribution in [3.63, 3.8) is 0 Å². The van der Waals surface area contributed by atoms with Gasteiger partial charge in [0.2, 0.25) is 0 Å². The van der Waals surface area contributed by atoms with Gasteiger partial charge >= 0.3 is 6.09 Å². The largest absolute Gasteiger partial charge is 0.465 e. The number of nitrogens with zero attached hydrogens (tertiary/aromatic N) is 1. The highest BCUT2D eigenvalue weighted by molar-refractivity contribution is 5.66. The third-order valence-electron chi connectivity index (χ3n) is 2.51. The lowest BCUT2D eigenvalue weighted by Crippen LogP contribution is -2.63. The van der Waals surface area contributed by atoms with Crippen molar-refractivity contribution in [1.29, 1.82) is 0 Å². The lowest BCUT2D eigenvalue weighted by Gasteiger charge is -2.44. The summed E-state index contributed by atoms with van der Waals surface area (Å²) in [6.45, 7) is 2.03. The summed E-state index contributed by atoms with van der Waals surface area (Å²) in [6, 6.07) is 0. The summed E-state index contributed by atoms with van der Waals surface area (Å²) in [5, 5.41) is 11.9. The lowest BCUT2D eigenvalue weighted by atomic mass is 10.1. The lowest BCUT2D eigenvalue weighted by molar-refractivity contribution is -0.174. The van der Waals surface area contributed by atoms with Gasteiger partial charge in [0.25, 0.3) is 0 Å². The summed E-state index contributed by atoms with van der Waals surface area (Å²) in [4.78, 5) is 12.1. The van der Waals surface area contributed by atoms with Gasteiger partial charge in [-0.25, -0.2) is 9.18 Å². The number of carbonyl (C=O) groups is 1. The van der Waals surface area contributed by atoms with Gasteiger partial charge in [0.1, 0.15) is 0 Å². The molecular formula is C8H15FN2O3. The zero-order valence-electron chi connectivity index (χ0n) is 8.12. The molecule has 1 aliphatic heterocycles. The first-order valence-corrected chi connectivity index (χ1v) is 4.57. The quantitative estimate of drug-likeness (QED) is 0.710. The second-order valence-corrected chi connectivity index (χ2v) is 3.16. The summed E-state index contributed by atoms with van der Waals surface area (Å²) >= 11 is 0. The van der Waals surface area contributed by atoms with Crippen LogP contribution in [0.2, 0.25) is 0 Å². The Morgan fingerprint density at radius 3 is 3.00 bits per heavy atom. The number of halogens is 1. The molecular weight excluding hydrogens is 191 g/mol. The summed E-state index contributed by atoms with van der Waals surface area (Å²) in [6.07, 6.45) is -0.641. The van der Waals surface area contributed by atoms with Gasteiger partial charge in [0, 0.05) is 19.6 Å². The zero-order valence-corrected chi connectivity index (χ0v) is 8.12. The van der Waals surface area contributed by atoms with Crippen molar-refractivity contribution in [2.75, 3.05) is 26.5 Å². The second-order valence-electron chi connectivity index (χ2n) is 3.16. The van der Waals surface area contributed by atoms with Crippen LogP contribution in [0.4, 0.5) is 9.18 Å². The Balaban J connectivity index is 2.80. The fraction of sp³-hybridized carbons (Fsp3) is 0.875. The fourth-order valence-electron chi connectivity index (χ4n) is 1.69. The molecule has 1 fully saturated rings. The maximum absolute atomic E-state index is 12.2. The maximum Gasteiger partial charge on any atom is 0.409 e. The Morgan fingerprint density at radius 2 is 2.50 bits per heavy atom. The van der Waals surface area contributed by atoms with Crippen LogP contribution >= 0.6 is 0 Å². The van der Waals surface area contributed by atoms with Crippen LogP contribution in [-0.2, 0) is 4.74 Å². The van der Waals surface area contributed by atoms with Crippen LogP contribution in [0.25, 0.3) is 0 Å². The molecule has 0 aromatic heterocycles. The van der Waals surface area contributed by atoms with Gasteiger partial charge in [0.05, 0.1) is 0 Å². The van der Waals surface area contributed by atoms with Gasteiger partial charge in [-0.2, -0.15) is 0 Å². The molecule has 1 heterocycles. The average molecular weight is 206 g/mol. The van der Waals surface area contributed by atoms with Crippen molar-refractivity contribution in [2.24, 2.45) is 0 Å². The van der Waals surface area contributed by atoms with E-state index in [1.165, 1.54) is 0 Å². The van der Waals surface area contributed by atoms with E-state index in [4.69, 9.17) is 9.84 Å². The molecule has 0 aromatic carbocycles. The fourth-order valence-corrected chi connectivity index (χ4v) is 1.69. The smallest absolute Gasteiger partial charge is 0.409 e. The van der Waals surface area contributed by atoms with E-state index in [1.54, 1.807) is 6.92 Å². The summed E-state index contributed by atoms with van der Waals surface area (Å²) in [7, 11) is 0. The van der Waals surface area contributed by atoms with E-state index in [0.717, 1.165) is 4.90 Å². The van der Waals surface area contributed by atoms with E-state index in [1.807, 2.05) is 0 Å². The molecule has 0 saturated carbocycles. The third-order valence-corrected chi connectivity index (χ3v) is 2.51. The normalized spacial score (nSPS) is 27.7. The molecule has 82 valence electrons. The van der Waals surface area contributed by atoms with Crippen LogP contribution in [0.3, 0.4) is 0 Å². The molecule has 0 unspecified atom stereocenters. The molecule has 14 heavy (non-hydrogen) atoms. The van der Waals surface area contributed by atoms with Crippen LogP contribution in [0.15, 0.2) is 0 Å². The predicted molar refractivity (Wildman–Crippen MR) is 47.7 cm³/mol. The third kappa shape index (κ3) is 1.96. The van der Waals surface area contributed by atoms with Gasteiger partial charge in [-0.1, -0.05) is 6.92 Å². The molecule has 1 amide bonds. The number of carboxylic acid groups (broad SMARTS) is 1. The summed E-state index contributed by atoms with van der Waals surface area (Å²) in [5.41, 5.74) is -1.04. The van der Waals surface area contributed by atoms with E-state index in [-0.39, 0.29) is 0 Å². The van der Waals surface area contributed by atoms with Crippen molar-refractivity contribution in [3.8, 4) is 0 Å². The molecule has 6 heteroatoms. The van der Waals surface area contributed by atoms with E-state index in [0.29, 0.717) is 26.1 Å². The van der Waals surface area contributed by atoms with Crippen LogP contribution in [0.1, 0.15) is 13.3 Å². The molecule has 1 atom stereocenters. The molecule has 1 aliphatic rings. The Labute approximate surface area is 81.8 Å². The Morgan fingerprint density at radius 1 is 1.79 bits per heavy atom. The standard InChI is InChI=1S/C8H15FN2O3/c1-2-8(14-6-9)5-10-3-4-11(8)7(12)13/h10H,2-6H2,1H3,(H,12,13)/t8-/m1/s1. The van der Waals surface area contributed by atoms with Crippen LogP contribution in [0.5, 0.6) is 0 Å². The first-order chi connectivity index (χ1) is 6.66. The number of ether oxygens (including phenoxy) is 1. The SMILES string of the molecule is CC[C@@]1(OCF)CNCCN1C(=O)O. The van der Waals surface area contributed by atoms with Crippen molar-refractivity contribution >= 4 is 6.09 Å². The first-order valence-electron chi connectivity index (χ1n) is 4.57. The second kappa shape index (κ2) is 4.56. The van der Waals surface area contributed by atoms with Crippen molar-refractivity contribution in [3.05, 3.63) is 0 Å². The van der Waals surface area contributed by atoms with E-state index < -0.39 is 18.7 Å². The predicted octanol–water partition coefficient (Wildman–Crippen LogP) is 0.620. The number of hydrogen-bond donors (Lipinski definition) is 2. The summed E-state index contributed by atoms with van der Waals surface area (Å²) < 4.78 is 17.1. The number of hydrogen-bond acceptors (Lipinski definition) is 3. The number of amides is 1. The van der Waals surface area contributed by atoms with E-state index in [9.17, 15) is 9.18 Å². The van der Waals surface area contributed by atoms with E-state index in [2.05, 4.69) is 5.32 Å². The van der Waals surface area contributed by atoms with Gasteiger partial charge < -0.3 is 15.2 Å². The molecule has 2 N–H and O–H groups in total. The van der Waals surface area contributed by atoms with E-state index >= 15 is 0 Å². The minimum absolute atomic E-state index is 0.323. The van der Waals surface area contributed by atoms with Crippen molar-refractivity contribution < 1.29 is 19.0 Å². The minimum Gasteiger partial charge on any atom is -0.465 e. The number of nitrogens with one attached hydrogen (secondary N) is 1. The number of alkyl halides is 1. The molecule has 0 aliphatic carbocycles. The molecule has 0 bridgehead atoms. The molecule has 0 radical (unpaired) electrons. The van der Waals surface area contributed by atoms with Crippen LogP contribution in [0, 0.1) is 0 Å². The molecule has 1 saturated heterocycles. The molecule has 5 nitrogen and oxygen atoms in total. The number of rotatable bonds is 3. The van der Waals surface area contributed by atoms with Gasteiger partial charge in [-0.3, -0.25) is 4.90 Å². The zero-order chi connectivity index (χ0) is 10.6. The topological polar surface area (TPSA) is 61.8 Å². The van der Waals surface area contributed by atoms with Crippen molar-refractivity contribution in [2.45, 2.75) is 19.1 Å². The van der Waals surface area contributed by atoms with Gasteiger partial charge in [-0.05, 0) is 6.42 Å². The highest BCUT2D eigenvalue weighted by atomic mass is 19.1. The highest BCUT2D eigenvalue weighted by Crippen LogP contribution is 2.23. The highest BCUT2D eigenvalue weighted by Gasteiger charge is 2.41. The molecule has 1 rings (SSSR count). The van der Waals surface area contributed by atoms with Crippen LogP contribution < -0.4 is 5.32 Å². The first kappa shape index (κ1) is 11.2. The monoisotopic (exact) mass is 206 g/mol. The van der Waals surface area contributed by atoms with Gasteiger partial charge in [0.15, 0.2) is 12.6 Å². The van der Waals surface area contributed by atoms with Crippen molar-refractivity contribution in [1.82, 2.24) is 10.2 Å². The molecule has 0 aromatic rings. The molecule has 0 spiro atoms. The Kier molecular flexibility index (Phi) is 3.65. The number of piperazine rings is 1. The Hall–Kier alpha value is -0.880. The maximum atomic E-state index is 12.2.